The van der Waals surface area contributed by atoms with Crippen molar-refractivity contribution in [2.75, 3.05) is 12.4 Å². The van der Waals surface area contributed by atoms with Gasteiger partial charge in [0.25, 0.3) is 0 Å². The second-order valence-electron chi connectivity index (χ2n) is 6.91. The molecule has 0 saturated heterocycles. The maximum absolute atomic E-state index is 12.9. The van der Waals surface area contributed by atoms with E-state index in [2.05, 4.69) is 10.3 Å². The lowest BCUT2D eigenvalue weighted by Crippen LogP contribution is -2.17. The number of carboxylic acids is 1. The van der Waals surface area contributed by atoms with Gasteiger partial charge in [0.15, 0.2) is 0 Å². The number of aromatic nitrogens is 2. The van der Waals surface area contributed by atoms with Gasteiger partial charge in [0.1, 0.15) is 17.0 Å². The molecule has 7 nitrogen and oxygen atoms in total. The number of nitrogens with zero attached hydrogens (tertiary/aromatic N) is 2. The number of hydrogen-bond acceptors (Lipinski definition) is 4. The predicted molar refractivity (Wildman–Crippen MR) is 123 cm³/mol. The molecule has 0 unspecified atom stereocenters. The fraction of sp³-hybridized carbons (Fsp3) is 0.0870. The van der Waals surface area contributed by atoms with E-state index in [1.165, 1.54) is 19.2 Å². The number of methoxy groups -OCH3 is 1. The minimum atomic E-state index is -1.18. The highest BCUT2D eigenvalue weighted by Crippen LogP contribution is 2.32. The number of halogens is 2. The molecule has 32 heavy (non-hydrogen) atoms. The Morgan fingerprint density at radius 1 is 1.12 bits per heavy atom. The zero-order valence-corrected chi connectivity index (χ0v) is 18.3. The van der Waals surface area contributed by atoms with Crippen LogP contribution in [0.3, 0.4) is 0 Å². The molecule has 9 heteroatoms. The van der Waals surface area contributed by atoms with Gasteiger partial charge in [-0.3, -0.25) is 4.79 Å². The average molecular weight is 470 g/mol. The van der Waals surface area contributed by atoms with Crippen LogP contribution >= 0.6 is 23.2 Å². The smallest absolute Gasteiger partial charge is 0.339 e. The maximum atomic E-state index is 12.9. The Kier molecular flexibility index (Phi) is 6.03. The molecule has 2 aromatic carbocycles. The minimum Gasteiger partial charge on any atom is -0.496 e. The average Bonchev–Trinajstić information content (AvgIpc) is 3.13. The standard InChI is InChI=1S/C23H17Cl2N3O4/c1-32-19-11-17(16(25)10-15(19)23(30)31)26-21(29)12-18-22(13-5-7-14(24)8-6-13)27-20-4-2-3-9-28(18)20/h2-11H,12H2,1H3,(H,26,29)(H,30,31). The van der Waals surface area contributed by atoms with Crippen LogP contribution in [0.5, 0.6) is 5.75 Å². The van der Waals surface area contributed by atoms with E-state index >= 15 is 0 Å². The lowest BCUT2D eigenvalue weighted by Gasteiger charge is -2.12. The van der Waals surface area contributed by atoms with Crippen molar-refractivity contribution in [3.05, 3.63) is 82.1 Å². The SMILES string of the molecule is COc1cc(NC(=O)Cc2c(-c3ccc(Cl)cc3)nc3ccccn23)c(Cl)cc1C(=O)O. The monoisotopic (exact) mass is 469 g/mol. The molecular formula is C23H17Cl2N3O4. The number of amides is 1. The fourth-order valence-electron chi connectivity index (χ4n) is 3.39. The molecule has 4 rings (SSSR count). The number of carbonyl (C=O) groups excluding carboxylic acids is 1. The molecule has 2 aromatic heterocycles. The zero-order chi connectivity index (χ0) is 22.8. The molecule has 0 spiro atoms. The number of benzene rings is 2. The number of aromatic carboxylic acids is 1. The van der Waals surface area contributed by atoms with Crippen LogP contribution in [0.25, 0.3) is 16.9 Å². The fourth-order valence-corrected chi connectivity index (χ4v) is 3.72. The molecule has 0 aliphatic heterocycles. The number of imidazole rings is 1. The summed E-state index contributed by atoms with van der Waals surface area (Å²) in [5.74, 6) is -1.44. The normalized spacial score (nSPS) is 10.8. The molecule has 0 saturated carbocycles. The van der Waals surface area contributed by atoms with Gasteiger partial charge in [0.05, 0.1) is 35.6 Å². The van der Waals surface area contributed by atoms with E-state index in [-0.39, 0.29) is 34.4 Å². The van der Waals surface area contributed by atoms with Gasteiger partial charge in [0, 0.05) is 22.8 Å². The molecule has 4 aromatic rings. The Labute approximate surface area is 193 Å². The summed E-state index contributed by atoms with van der Waals surface area (Å²) in [5, 5.41) is 12.7. The highest BCUT2D eigenvalue weighted by Gasteiger charge is 2.20. The molecule has 0 radical (unpaired) electrons. The van der Waals surface area contributed by atoms with Crippen molar-refractivity contribution in [3.63, 3.8) is 0 Å². The van der Waals surface area contributed by atoms with Gasteiger partial charge < -0.3 is 19.6 Å². The van der Waals surface area contributed by atoms with Crippen LogP contribution < -0.4 is 10.1 Å². The number of carbonyl (C=O) groups is 2. The van der Waals surface area contributed by atoms with E-state index in [0.29, 0.717) is 22.1 Å². The van der Waals surface area contributed by atoms with E-state index in [9.17, 15) is 14.7 Å². The topological polar surface area (TPSA) is 92.9 Å². The third kappa shape index (κ3) is 4.26. The summed E-state index contributed by atoms with van der Waals surface area (Å²) in [5.41, 5.74) is 3.03. The summed E-state index contributed by atoms with van der Waals surface area (Å²) in [6.07, 6.45) is 1.84. The van der Waals surface area contributed by atoms with Crippen LogP contribution in [-0.2, 0) is 11.2 Å². The highest BCUT2D eigenvalue weighted by atomic mass is 35.5. The molecule has 2 N–H and O–H groups in total. The molecule has 0 fully saturated rings. The molecule has 162 valence electrons. The van der Waals surface area contributed by atoms with Gasteiger partial charge in [0.2, 0.25) is 5.91 Å². The number of ether oxygens (including phenoxy) is 1. The van der Waals surface area contributed by atoms with Crippen molar-refractivity contribution in [1.29, 1.82) is 0 Å². The number of nitrogens with one attached hydrogen (secondary N) is 1. The third-order valence-corrected chi connectivity index (χ3v) is 5.43. The molecule has 2 heterocycles. The van der Waals surface area contributed by atoms with Gasteiger partial charge in [-0.25, -0.2) is 9.78 Å². The number of fused-ring (bicyclic) bond motifs is 1. The van der Waals surface area contributed by atoms with Crippen LogP contribution in [0.4, 0.5) is 5.69 Å². The number of hydrogen-bond donors (Lipinski definition) is 2. The van der Waals surface area contributed by atoms with E-state index < -0.39 is 5.97 Å². The van der Waals surface area contributed by atoms with Gasteiger partial charge in [-0.1, -0.05) is 41.4 Å². The first-order valence-corrected chi connectivity index (χ1v) is 10.3. The maximum Gasteiger partial charge on any atom is 0.339 e. The Bertz CT molecular complexity index is 1330. The molecule has 0 aliphatic carbocycles. The summed E-state index contributed by atoms with van der Waals surface area (Å²) in [6.45, 7) is 0. The van der Waals surface area contributed by atoms with Gasteiger partial charge in [-0.2, -0.15) is 0 Å². The van der Waals surface area contributed by atoms with E-state index in [1.54, 1.807) is 12.1 Å². The lowest BCUT2D eigenvalue weighted by atomic mass is 10.1. The molecular weight excluding hydrogens is 453 g/mol. The summed E-state index contributed by atoms with van der Waals surface area (Å²) in [4.78, 5) is 29.0. The molecule has 0 bridgehead atoms. The second kappa shape index (κ2) is 8.90. The first-order valence-electron chi connectivity index (χ1n) is 9.50. The number of pyridine rings is 1. The Morgan fingerprint density at radius 3 is 2.56 bits per heavy atom. The van der Waals surface area contributed by atoms with Crippen LogP contribution in [0, 0.1) is 0 Å². The van der Waals surface area contributed by atoms with Crippen molar-refractivity contribution in [2.24, 2.45) is 0 Å². The molecule has 0 aliphatic rings. The van der Waals surface area contributed by atoms with Gasteiger partial charge in [-0.15, -0.1) is 0 Å². The van der Waals surface area contributed by atoms with E-state index in [0.717, 1.165) is 5.56 Å². The zero-order valence-electron chi connectivity index (χ0n) is 16.8. The first-order chi connectivity index (χ1) is 15.4. The van der Waals surface area contributed by atoms with Crippen molar-refractivity contribution < 1.29 is 19.4 Å². The summed E-state index contributed by atoms with van der Waals surface area (Å²) in [6, 6.07) is 15.4. The molecule has 1 amide bonds. The van der Waals surface area contributed by atoms with Gasteiger partial charge in [-0.05, 0) is 30.3 Å². The van der Waals surface area contributed by atoms with Gasteiger partial charge >= 0.3 is 5.97 Å². The first kappa shape index (κ1) is 21.7. The summed E-state index contributed by atoms with van der Waals surface area (Å²) < 4.78 is 6.96. The number of anilines is 1. The third-order valence-electron chi connectivity index (χ3n) is 4.87. The number of carboxylic acid groups (broad SMARTS) is 1. The predicted octanol–water partition coefficient (Wildman–Crippen LogP) is 5.20. The Morgan fingerprint density at radius 2 is 1.88 bits per heavy atom. The van der Waals surface area contributed by atoms with Crippen molar-refractivity contribution in [1.82, 2.24) is 9.38 Å². The lowest BCUT2D eigenvalue weighted by molar-refractivity contribution is -0.115. The van der Waals surface area contributed by atoms with Crippen LogP contribution in [0.2, 0.25) is 10.0 Å². The Balaban J connectivity index is 1.68. The minimum absolute atomic E-state index is 0.00245. The molecule has 0 atom stereocenters. The van der Waals surface area contributed by atoms with Crippen LogP contribution in [0.1, 0.15) is 16.1 Å². The van der Waals surface area contributed by atoms with Crippen molar-refractivity contribution in [3.8, 4) is 17.0 Å². The van der Waals surface area contributed by atoms with E-state index in [1.807, 2.05) is 40.9 Å². The quantitative estimate of drug-likeness (QED) is 0.404. The van der Waals surface area contributed by atoms with Crippen LogP contribution in [-0.4, -0.2) is 33.5 Å². The summed E-state index contributed by atoms with van der Waals surface area (Å²) in [7, 11) is 1.35. The Hall–Kier alpha value is -3.55. The number of rotatable bonds is 6. The highest BCUT2D eigenvalue weighted by molar-refractivity contribution is 6.34. The van der Waals surface area contributed by atoms with Crippen molar-refractivity contribution >= 4 is 46.4 Å². The second-order valence-corrected chi connectivity index (χ2v) is 7.75. The van der Waals surface area contributed by atoms with Crippen LogP contribution in [0.15, 0.2) is 60.8 Å². The largest absolute Gasteiger partial charge is 0.496 e. The summed E-state index contributed by atoms with van der Waals surface area (Å²) >= 11 is 12.2. The van der Waals surface area contributed by atoms with Crippen molar-refractivity contribution in [2.45, 2.75) is 6.42 Å². The van der Waals surface area contributed by atoms with E-state index in [4.69, 9.17) is 27.9 Å².